The molecule has 2 N–H and O–H groups in total. The van der Waals surface area contributed by atoms with E-state index in [1.165, 1.54) is 18.5 Å². The molecule has 1 aliphatic carbocycles. The van der Waals surface area contributed by atoms with Gasteiger partial charge in [0.05, 0.1) is 12.0 Å². The molecule has 1 fully saturated rings. The van der Waals surface area contributed by atoms with Crippen molar-refractivity contribution < 1.29 is 9.53 Å². The normalized spacial score (nSPS) is 16.2. The Bertz CT molecular complexity index is 503. The molecule has 0 aromatic carbocycles. The van der Waals surface area contributed by atoms with Crippen molar-refractivity contribution in [3.8, 4) is 0 Å². The van der Waals surface area contributed by atoms with E-state index in [2.05, 4.69) is 27.1 Å². The number of imidazole rings is 1. The minimum Gasteiger partial charge on any atom is -0.444 e. The minimum atomic E-state index is -0.459. The van der Waals surface area contributed by atoms with E-state index < -0.39 is 5.60 Å². The molecule has 6 nitrogen and oxygen atoms in total. The van der Waals surface area contributed by atoms with Crippen molar-refractivity contribution in [3.63, 3.8) is 0 Å². The van der Waals surface area contributed by atoms with Crippen LogP contribution in [0.1, 0.15) is 52.7 Å². The number of aromatic nitrogens is 2. The Kier molecular flexibility index (Phi) is 6.04. The summed E-state index contributed by atoms with van der Waals surface area (Å²) < 4.78 is 7.48. The van der Waals surface area contributed by atoms with Gasteiger partial charge in [-0.2, -0.15) is 0 Å². The van der Waals surface area contributed by atoms with Crippen LogP contribution in [-0.2, 0) is 17.8 Å². The van der Waals surface area contributed by atoms with Crippen LogP contribution in [0.2, 0.25) is 0 Å². The van der Waals surface area contributed by atoms with Crippen LogP contribution in [0, 0.1) is 5.92 Å². The van der Waals surface area contributed by atoms with E-state index in [-0.39, 0.29) is 12.1 Å². The molecule has 2 rings (SSSR count). The van der Waals surface area contributed by atoms with Crippen molar-refractivity contribution in [1.82, 2.24) is 20.2 Å². The lowest BCUT2D eigenvalue weighted by molar-refractivity contribution is 0.0521. The van der Waals surface area contributed by atoms with Crippen LogP contribution in [0.3, 0.4) is 0 Å². The lowest BCUT2D eigenvalue weighted by Crippen LogP contribution is -2.43. The Morgan fingerprint density at radius 2 is 2.22 bits per heavy atom. The van der Waals surface area contributed by atoms with E-state index in [9.17, 15) is 4.79 Å². The Morgan fingerprint density at radius 1 is 1.48 bits per heavy atom. The zero-order valence-corrected chi connectivity index (χ0v) is 14.8. The highest BCUT2D eigenvalue weighted by Gasteiger charge is 2.31. The second kappa shape index (κ2) is 7.81. The van der Waals surface area contributed by atoms with Crippen molar-refractivity contribution in [2.75, 3.05) is 6.54 Å². The van der Waals surface area contributed by atoms with E-state index in [0.717, 1.165) is 19.5 Å². The van der Waals surface area contributed by atoms with Crippen molar-refractivity contribution >= 4 is 6.09 Å². The molecule has 0 spiro atoms. The summed E-state index contributed by atoms with van der Waals surface area (Å²) in [5, 5.41) is 6.45. The largest absolute Gasteiger partial charge is 0.444 e. The summed E-state index contributed by atoms with van der Waals surface area (Å²) in [5.74, 6) is 0.646. The Balaban J connectivity index is 1.80. The van der Waals surface area contributed by atoms with Crippen LogP contribution in [0.15, 0.2) is 12.5 Å². The Morgan fingerprint density at radius 3 is 2.83 bits per heavy atom. The van der Waals surface area contributed by atoms with Gasteiger partial charge >= 0.3 is 6.09 Å². The average molecular weight is 322 g/mol. The number of ether oxygens (including phenoxy) is 1. The second-order valence-corrected chi connectivity index (χ2v) is 7.29. The van der Waals surface area contributed by atoms with Crippen LogP contribution in [0.5, 0.6) is 0 Å². The summed E-state index contributed by atoms with van der Waals surface area (Å²) in [7, 11) is 0. The first-order valence-electron chi connectivity index (χ1n) is 8.58. The van der Waals surface area contributed by atoms with Gasteiger partial charge in [-0.3, -0.25) is 0 Å². The predicted octanol–water partition coefficient (Wildman–Crippen LogP) is 2.69. The summed E-state index contributed by atoms with van der Waals surface area (Å²) in [5.41, 5.74) is 0.731. The first-order valence-corrected chi connectivity index (χ1v) is 8.58. The van der Waals surface area contributed by atoms with Crippen molar-refractivity contribution in [3.05, 3.63) is 18.2 Å². The van der Waals surface area contributed by atoms with Gasteiger partial charge in [-0.05, 0) is 46.0 Å². The fourth-order valence-corrected chi connectivity index (χ4v) is 2.58. The standard InChI is InChI=1S/C17H30N4O2/c1-5-8-21-12-18-9-14(21)10-19-15(13-6-7-13)11-20-16(22)23-17(2,3)4/h9,12-13,15,19H,5-8,10-11H2,1-4H3,(H,20,22). The van der Waals surface area contributed by atoms with Gasteiger partial charge < -0.3 is 19.9 Å². The van der Waals surface area contributed by atoms with Crippen LogP contribution in [0.25, 0.3) is 0 Å². The number of nitrogens with zero attached hydrogens (tertiary/aromatic N) is 2. The third-order valence-electron chi connectivity index (χ3n) is 3.86. The van der Waals surface area contributed by atoms with Crippen LogP contribution >= 0.6 is 0 Å². The SMILES string of the molecule is CCCn1cncc1CNC(CNC(=O)OC(C)(C)C)C1CC1. The number of amides is 1. The lowest BCUT2D eigenvalue weighted by atomic mass is 10.2. The van der Waals surface area contributed by atoms with Gasteiger partial charge in [-0.15, -0.1) is 0 Å². The number of nitrogens with one attached hydrogen (secondary N) is 2. The van der Waals surface area contributed by atoms with E-state index in [1.54, 1.807) is 0 Å². The van der Waals surface area contributed by atoms with Crippen LogP contribution in [0.4, 0.5) is 4.79 Å². The van der Waals surface area contributed by atoms with E-state index in [4.69, 9.17) is 4.74 Å². The fourth-order valence-electron chi connectivity index (χ4n) is 2.58. The molecular weight excluding hydrogens is 292 g/mol. The molecule has 0 aliphatic heterocycles. The maximum absolute atomic E-state index is 11.8. The summed E-state index contributed by atoms with van der Waals surface area (Å²) >= 11 is 0. The fraction of sp³-hybridized carbons (Fsp3) is 0.765. The molecule has 23 heavy (non-hydrogen) atoms. The summed E-state index contributed by atoms with van der Waals surface area (Å²) in [6.45, 7) is 10.1. The molecule has 0 bridgehead atoms. The number of hydrogen-bond acceptors (Lipinski definition) is 4. The maximum atomic E-state index is 11.8. The molecular formula is C17H30N4O2. The first kappa shape index (κ1) is 17.8. The highest BCUT2D eigenvalue weighted by Crippen LogP contribution is 2.32. The van der Waals surface area contributed by atoms with Crippen LogP contribution in [-0.4, -0.2) is 33.8 Å². The monoisotopic (exact) mass is 322 g/mol. The summed E-state index contributed by atoms with van der Waals surface area (Å²) in [6.07, 6.45) is 6.99. The Hall–Kier alpha value is -1.56. The number of hydrogen-bond donors (Lipinski definition) is 2. The molecule has 1 unspecified atom stereocenters. The molecule has 1 amide bonds. The van der Waals surface area contributed by atoms with Gasteiger partial charge in [0.25, 0.3) is 0 Å². The van der Waals surface area contributed by atoms with Crippen molar-refractivity contribution in [1.29, 1.82) is 0 Å². The van der Waals surface area contributed by atoms with E-state index in [0.29, 0.717) is 12.5 Å². The number of rotatable bonds is 8. The first-order chi connectivity index (χ1) is 10.9. The lowest BCUT2D eigenvalue weighted by Gasteiger charge is -2.23. The van der Waals surface area contributed by atoms with E-state index in [1.807, 2.05) is 33.3 Å². The van der Waals surface area contributed by atoms with E-state index >= 15 is 0 Å². The topological polar surface area (TPSA) is 68.2 Å². The highest BCUT2D eigenvalue weighted by molar-refractivity contribution is 5.67. The summed E-state index contributed by atoms with van der Waals surface area (Å²) in [4.78, 5) is 16.0. The molecule has 1 heterocycles. The third kappa shape index (κ3) is 6.22. The predicted molar refractivity (Wildman–Crippen MR) is 90.1 cm³/mol. The van der Waals surface area contributed by atoms with Gasteiger partial charge in [0.1, 0.15) is 5.60 Å². The minimum absolute atomic E-state index is 0.285. The molecule has 6 heteroatoms. The van der Waals surface area contributed by atoms with Crippen molar-refractivity contribution in [2.24, 2.45) is 5.92 Å². The molecule has 1 saturated carbocycles. The molecule has 130 valence electrons. The maximum Gasteiger partial charge on any atom is 0.407 e. The van der Waals surface area contributed by atoms with Gasteiger partial charge in [0.2, 0.25) is 0 Å². The van der Waals surface area contributed by atoms with Gasteiger partial charge in [-0.25, -0.2) is 9.78 Å². The average Bonchev–Trinajstić information content (AvgIpc) is 3.19. The highest BCUT2D eigenvalue weighted by atomic mass is 16.6. The number of carbonyl (C=O) groups excluding carboxylic acids is 1. The van der Waals surface area contributed by atoms with Gasteiger partial charge in [0.15, 0.2) is 0 Å². The molecule has 0 saturated heterocycles. The number of alkyl carbamates (subject to hydrolysis) is 1. The van der Waals surface area contributed by atoms with Crippen LogP contribution < -0.4 is 10.6 Å². The van der Waals surface area contributed by atoms with Gasteiger partial charge in [0, 0.05) is 31.9 Å². The number of carbonyl (C=O) groups is 1. The molecule has 0 radical (unpaired) electrons. The third-order valence-corrected chi connectivity index (χ3v) is 3.86. The zero-order valence-electron chi connectivity index (χ0n) is 14.8. The molecule has 1 atom stereocenters. The molecule has 1 aromatic rings. The van der Waals surface area contributed by atoms with Gasteiger partial charge in [-0.1, -0.05) is 6.92 Å². The summed E-state index contributed by atoms with van der Waals surface area (Å²) in [6, 6.07) is 0.285. The second-order valence-electron chi connectivity index (χ2n) is 7.29. The quantitative estimate of drug-likeness (QED) is 0.772. The number of aryl methyl sites for hydroxylation is 1. The molecule has 1 aliphatic rings. The smallest absolute Gasteiger partial charge is 0.407 e. The zero-order chi connectivity index (χ0) is 16.9. The van der Waals surface area contributed by atoms with Crippen molar-refractivity contribution in [2.45, 2.75) is 71.7 Å². The molecule has 1 aromatic heterocycles. The Labute approximate surface area is 139 Å².